The molecule has 0 heterocycles. The molecule has 0 spiro atoms. The van der Waals surface area contributed by atoms with Crippen molar-refractivity contribution in [2.45, 2.75) is 13.5 Å². The van der Waals surface area contributed by atoms with Crippen molar-refractivity contribution < 1.29 is 23.5 Å². The highest BCUT2D eigenvalue weighted by Gasteiger charge is 2.14. The number of ether oxygens (including phenoxy) is 1. The smallest absolute Gasteiger partial charge is 0.355 e. The molecule has 0 unspecified atom stereocenters. The van der Waals surface area contributed by atoms with Gasteiger partial charge in [-0.1, -0.05) is 42.5 Å². The van der Waals surface area contributed by atoms with Gasteiger partial charge in [-0.2, -0.15) is 0 Å². The lowest BCUT2D eigenvalue weighted by Gasteiger charge is -2.10. The highest BCUT2D eigenvalue weighted by Crippen LogP contribution is 2.06. The SMILES string of the molecule is CC(=O)N/C(=C\c1ccccc1)C(=O)OCC(=O)NCc1ccc(F)cc1. The van der Waals surface area contributed by atoms with Crippen molar-refractivity contribution in [3.63, 3.8) is 0 Å². The van der Waals surface area contributed by atoms with Crippen LogP contribution in [-0.2, 0) is 25.7 Å². The molecule has 0 saturated carbocycles. The van der Waals surface area contributed by atoms with Crippen LogP contribution in [0.4, 0.5) is 4.39 Å². The average Bonchev–Trinajstić information content (AvgIpc) is 2.65. The first-order valence-corrected chi connectivity index (χ1v) is 8.16. The fourth-order valence-electron chi connectivity index (χ4n) is 2.11. The van der Waals surface area contributed by atoms with E-state index in [9.17, 15) is 18.8 Å². The van der Waals surface area contributed by atoms with E-state index < -0.39 is 24.4 Å². The van der Waals surface area contributed by atoms with Gasteiger partial charge in [0.2, 0.25) is 5.91 Å². The summed E-state index contributed by atoms with van der Waals surface area (Å²) in [4.78, 5) is 35.3. The van der Waals surface area contributed by atoms with Gasteiger partial charge < -0.3 is 15.4 Å². The summed E-state index contributed by atoms with van der Waals surface area (Å²) < 4.78 is 17.8. The van der Waals surface area contributed by atoms with Crippen LogP contribution in [-0.4, -0.2) is 24.4 Å². The second-order valence-corrected chi connectivity index (χ2v) is 5.63. The van der Waals surface area contributed by atoms with Crippen molar-refractivity contribution in [1.82, 2.24) is 10.6 Å². The van der Waals surface area contributed by atoms with Crippen LogP contribution in [0.2, 0.25) is 0 Å². The summed E-state index contributed by atoms with van der Waals surface area (Å²) in [5.74, 6) is -2.15. The monoisotopic (exact) mass is 370 g/mol. The van der Waals surface area contributed by atoms with Crippen LogP contribution in [0.25, 0.3) is 6.08 Å². The molecule has 0 fully saturated rings. The van der Waals surface area contributed by atoms with Gasteiger partial charge >= 0.3 is 5.97 Å². The molecule has 0 aliphatic rings. The Morgan fingerprint density at radius 1 is 1.04 bits per heavy atom. The second kappa shape index (κ2) is 9.86. The highest BCUT2D eigenvalue weighted by molar-refractivity contribution is 5.98. The van der Waals surface area contributed by atoms with Gasteiger partial charge in [0.1, 0.15) is 11.5 Å². The van der Waals surface area contributed by atoms with Crippen molar-refractivity contribution in [3.05, 3.63) is 77.2 Å². The van der Waals surface area contributed by atoms with Gasteiger partial charge in [-0.15, -0.1) is 0 Å². The first-order chi connectivity index (χ1) is 12.9. The summed E-state index contributed by atoms with van der Waals surface area (Å²) in [5, 5.41) is 4.95. The van der Waals surface area contributed by atoms with Crippen LogP contribution in [0, 0.1) is 5.82 Å². The Kier molecular flexibility index (Phi) is 7.25. The molecule has 27 heavy (non-hydrogen) atoms. The Hall–Kier alpha value is -3.48. The summed E-state index contributed by atoms with van der Waals surface area (Å²) in [5.41, 5.74) is 1.33. The molecule has 0 aliphatic carbocycles. The molecule has 7 heteroatoms. The summed E-state index contributed by atoms with van der Waals surface area (Å²) >= 11 is 0. The molecule has 2 amide bonds. The number of esters is 1. The normalized spacial score (nSPS) is 10.8. The Labute approximate surface area is 156 Å². The van der Waals surface area contributed by atoms with Gasteiger partial charge in [0, 0.05) is 13.5 Å². The minimum absolute atomic E-state index is 0.0694. The van der Waals surface area contributed by atoms with Gasteiger partial charge in [-0.3, -0.25) is 9.59 Å². The molecule has 0 saturated heterocycles. The molecule has 0 aromatic heterocycles. The lowest BCUT2D eigenvalue weighted by Crippen LogP contribution is -2.31. The highest BCUT2D eigenvalue weighted by atomic mass is 19.1. The van der Waals surface area contributed by atoms with Crippen LogP contribution in [0.15, 0.2) is 60.3 Å². The average molecular weight is 370 g/mol. The molecule has 2 aromatic rings. The van der Waals surface area contributed by atoms with E-state index >= 15 is 0 Å². The van der Waals surface area contributed by atoms with Crippen LogP contribution >= 0.6 is 0 Å². The van der Waals surface area contributed by atoms with E-state index in [4.69, 9.17) is 4.74 Å². The Morgan fingerprint density at radius 3 is 2.33 bits per heavy atom. The molecule has 140 valence electrons. The molecule has 0 radical (unpaired) electrons. The lowest BCUT2D eigenvalue weighted by molar-refractivity contribution is -0.145. The number of nitrogens with one attached hydrogen (secondary N) is 2. The first kappa shape index (κ1) is 19.8. The van der Waals surface area contributed by atoms with E-state index in [-0.39, 0.29) is 18.1 Å². The predicted molar refractivity (Wildman–Crippen MR) is 97.4 cm³/mol. The summed E-state index contributed by atoms with van der Waals surface area (Å²) in [7, 11) is 0. The number of carbonyl (C=O) groups excluding carboxylic acids is 3. The molecule has 2 N–H and O–H groups in total. The number of amides is 2. The molecule has 0 bridgehead atoms. The van der Waals surface area contributed by atoms with Crippen LogP contribution < -0.4 is 10.6 Å². The van der Waals surface area contributed by atoms with Crippen molar-refractivity contribution >= 4 is 23.9 Å². The fraction of sp³-hybridized carbons (Fsp3) is 0.150. The van der Waals surface area contributed by atoms with Gasteiger partial charge in [-0.05, 0) is 29.3 Å². The van der Waals surface area contributed by atoms with Crippen molar-refractivity contribution in [2.24, 2.45) is 0 Å². The topological polar surface area (TPSA) is 84.5 Å². The molecule has 6 nitrogen and oxygen atoms in total. The number of benzene rings is 2. The standard InChI is InChI=1S/C20H19FN2O4/c1-14(24)23-18(11-15-5-3-2-4-6-15)20(26)27-13-19(25)22-12-16-7-9-17(21)10-8-16/h2-11H,12-13H2,1H3,(H,22,25)(H,23,24)/b18-11-. The largest absolute Gasteiger partial charge is 0.451 e. The molecular formula is C20H19FN2O4. The number of hydrogen-bond donors (Lipinski definition) is 2. The Balaban J connectivity index is 1.90. The third-order valence-electron chi connectivity index (χ3n) is 3.38. The van der Waals surface area contributed by atoms with E-state index in [2.05, 4.69) is 10.6 Å². The third kappa shape index (κ3) is 7.11. The van der Waals surface area contributed by atoms with Gasteiger partial charge in [0.15, 0.2) is 6.61 Å². The van der Waals surface area contributed by atoms with Crippen LogP contribution in [0.3, 0.4) is 0 Å². The van der Waals surface area contributed by atoms with Crippen LogP contribution in [0.1, 0.15) is 18.1 Å². The number of halogens is 1. The van der Waals surface area contributed by atoms with Gasteiger partial charge in [0.25, 0.3) is 5.91 Å². The summed E-state index contributed by atoms with van der Waals surface area (Å²) in [6, 6.07) is 14.6. The second-order valence-electron chi connectivity index (χ2n) is 5.63. The van der Waals surface area contributed by atoms with E-state index in [1.54, 1.807) is 36.4 Å². The molecule has 0 atom stereocenters. The minimum atomic E-state index is -0.828. The number of rotatable bonds is 7. The fourth-order valence-corrected chi connectivity index (χ4v) is 2.11. The predicted octanol–water partition coefficient (Wildman–Crippen LogP) is 2.16. The Morgan fingerprint density at radius 2 is 1.70 bits per heavy atom. The van der Waals surface area contributed by atoms with E-state index in [1.807, 2.05) is 6.07 Å². The van der Waals surface area contributed by atoms with Crippen molar-refractivity contribution in [2.75, 3.05) is 6.61 Å². The lowest BCUT2D eigenvalue weighted by atomic mass is 10.2. The van der Waals surface area contributed by atoms with E-state index in [0.29, 0.717) is 11.1 Å². The third-order valence-corrected chi connectivity index (χ3v) is 3.38. The minimum Gasteiger partial charge on any atom is -0.451 e. The number of carbonyl (C=O) groups is 3. The molecule has 2 aromatic carbocycles. The molecule has 2 rings (SSSR count). The molecule has 0 aliphatic heterocycles. The summed E-state index contributed by atoms with van der Waals surface area (Å²) in [6.45, 7) is 0.933. The van der Waals surface area contributed by atoms with Crippen molar-refractivity contribution in [3.8, 4) is 0 Å². The molecular weight excluding hydrogens is 351 g/mol. The zero-order chi connectivity index (χ0) is 19.6. The maximum absolute atomic E-state index is 12.8. The van der Waals surface area contributed by atoms with Crippen LogP contribution in [0.5, 0.6) is 0 Å². The van der Waals surface area contributed by atoms with E-state index in [0.717, 1.165) is 0 Å². The van der Waals surface area contributed by atoms with E-state index in [1.165, 1.54) is 25.1 Å². The maximum atomic E-state index is 12.8. The first-order valence-electron chi connectivity index (χ1n) is 8.16. The van der Waals surface area contributed by atoms with Crippen molar-refractivity contribution in [1.29, 1.82) is 0 Å². The summed E-state index contributed by atoms with van der Waals surface area (Å²) in [6.07, 6.45) is 1.46. The Bertz CT molecular complexity index is 833. The quantitative estimate of drug-likeness (QED) is 0.578. The zero-order valence-corrected chi connectivity index (χ0v) is 14.7. The maximum Gasteiger partial charge on any atom is 0.355 e. The number of hydrogen-bond acceptors (Lipinski definition) is 4. The van der Waals surface area contributed by atoms with Gasteiger partial charge in [-0.25, -0.2) is 9.18 Å². The van der Waals surface area contributed by atoms with Gasteiger partial charge in [0.05, 0.1) is 0 Å². The zero-order valence-electron chi connectivity index (χ0n) is 14.7.